The van der Waals surface area contributed by atoms with Gasteiger partial charge in [0, 0.05) is 12.6 Å². The molecule has 1 aliphatic heterocycles. The molecule has 0 aliphatic carbocycles. The van der Waals surface area contributed by atoms with E-state index < -0.39 is 6.04 Å². The minimum atomic E-state index is -0.396. The SMILES string of the molecule is C[C@H](N)C(=O)N[C@@H]1CCCN(C)C1. The van der Waals surface area contributed by atoms with Crippen molar-refractivity contribution in [1.29, 1.82) is 0 Å². The van der Waals surface area contributed by atoms with Crippen LogP contribution in [-0.4, -0.2) is 43.0 Å². The number of rotatable bonds is 2. The smallest absolute Gasteiger partial charge is 0.236 e. The lowest BCUT2D eigenvalue weighted by atomic mass is 10.1. The minimum Gasteiger partial charge on any atom is -0.351 e. The van der Waals surface area contributed by atoms with Gasteiger partial charge in [-0.1, -0.05) is 0 Å². The number of piperidine rings is 1. The fraction of sp³-hybridized carbons (Fsp3) is 0.889. The second-order valence-corrected chi connectivity index (χ2v) is 3.90. The number of nitrogens with zero attached hydrogens (tertiary/aromatic N) is 1. The lowest BCUT2D eigenvalue weighted by Gasteiger charge is -2.30. The highest BCUT2D eigenvalue weighted by atomic mass is 16.2. The zero-order chi connectivity index (χ0) is 9.84. The Hall–Kier alpha value is -0.610. The lowest BCUT2D eigenvalue weighted by molar-refractivity contribution is -0.123. The summed E-state index contributed by atoms with van der Waals surface area (Å²) in [4.78, 5) is 13.5. The zero-order valence-electron chi connectivity index (χ0n) is 8.42. The molecule has 0 aromatic heterocycles. The number of amides is 1. The third-order valence-corrected chi connectivity index (χ3v) is 2.38. The normalized spacial score (nSPS) is 26.8. The number of hydrogen-bond donors (Lipinski definition) is 2. The molecule has 0 unspecified atom stereocenters. The summed E-state index contributed by atoms with van der Waals surface area (Å²) < 4.78 is 0. The molecule has 76 valence electrons. The molecule has 1 amide bonds. The van der Waals surface area contributed by atoms with Crippen molar-refractivity contribution < 1.29 is 4.79 Å². The number of likely N-dealkylation sites (N-methyl/N-ethyl adjacent to an activating group) is 1. The Morgan fingerprint density at radius 1 is 1.69 bits per heavy atom. The predicted octanol–water partition coefficient (Wildman–Crippen LogP) is -0.456. The van der Waals surface area contributed by atoms with E-state index in [9.17, 15) is 4.79 Å². The number of hydrogen-bond acceptors (Lipinski definition) is 3. The van der Waals surface area contributed by atoms with E-state index in [1.807, 2.05) is 0 Å². The standard InChI is InChI=1S/C9H19N3O/c1-7(10)9(13)11-8-4-3-5-12(2)6-8/h7-8H,3-6,10H2,1-2H3,(H,11,13)/t7-,8+/m0/s1. The number of likely N-dealkylation sites (tertiary alicyclic amines) is 1. The van der Waals surface area contributed by atoms with Crippen LogP contribution >= 0.6 is 0 Å². The van der Waals surface area contributed by atoms with E-state index in [4.69, 9.17) is 5.73 Å². The molecule has 1 rings (SSSR count). The van der Waals surface area contributed by atoms with Crippen LogP contribution in [0.3, 0.4) is 0 Å². The van der Waals surface area contributed by atoms with Gasteiger partial charge in [-0.2, -0.15) is 0 Å². The summed E-state index contributed by atoms with van der Waals surface area (Å²) in [6.07, 6.45) is 2.23. The Morgan fingerprint density at radius 3 is 2.92 bits per heavy atom. The summed E-state index contributed by atoms with van der Waals surface area (Å²) in [5.74, 6) is -0.0414. The van der Waals surface area contributed by atoms with Crippen molar-refractivity contribution >= 4 is 5.91 Å². The van der Waals surface area contributed by atoms with Crippen molar-refractivity contribution in [3.8, 4) is 0 Å². The largest absolute Gasteiger partial charge is 0.351 e. The lowest BCUT2D eigenvalue weighted by Crippen LogP contribution is -2.50. The Labute approximate surface area is 79.5 Å². The van der Waals surface area contributed by atoms with E-state index in [0.29, 0.717) is 0 Å². The van der Waals surface area contributed by atoms with E-state index >= 15 is 0 Å². The van der Waals surface area contributed by atoms with Gasteiger partial charge in [0.15, 0.2) is 0 Å². The maximum absolute atomic E-state index is 11.3. The molecule has 3 N–H and O–H groups in total. The Balaban J connectivity index is 2.31. The van der Waals surface area contributed by atoms with E-state index in [2.05, 4.69) is 17.3 Å². The van der Waals surface area contributed by atoms with Crippen LogP contribution in [0.2, 0.25) is 0 Å². The zero-order valence-corrected chi connectivity index (χ0v) is 8.42. The average molecular weight is 185 g/mol. The van der Waals surface area contributed by atoms with Gasteiger partial charge in [-0.05, 0) is 33.4 Å². The molecule has 0 aromatic carbocycles. The third-order valence-electron chi connectivity index (χ3n) is 2.38. The van der Waals surface area contributed by atoms with E-state index in [0.717, 1.165) is 25.9 Å². The monoisotopic (exact) mass is 185 g/mol. The van der Waals surface area contributed by atoms with Crippen LogP contribution in [0.5, 0.6) is 0 Å². The highest BCUT2D eigenvalue weighted by molar-refractivity contribution is 5.81. The molecule has 0 radical (unpaired) electrons. The molecule has 0 bridgehead atoms. The molecule has 4 nitrogen and oxygen atoms in total. The average Bonchev–Trinajstić information content (AvgIpc) is 2.04. The first kappa shape index (κ1) is 10.5. The van der Waals surface area contributed by atoms with Gasteiger partial charge >= 0.3 is 0 Å². The molecule has 0 aromatic rings. The molecule has 0 saturated carbocycles. The number of nitrogens with one attached hydrogen (secondary N) is 1. The molecular weight excluding hydrogens is 166 g/mol. The van der Waals surface area contributed by atoms with E-state index in [-0.39, 0.29) is 11.9 Å². The van der Waals surface area contributed by atoms with Crippen molar-refractivity contribution in [2.75, 3.05) is 20.1 Å². The summed E-state index contributed by atoms with van der Waals surface area (Å²) in [5.41, 5.74) is 5.46. The minimum absolute atomic E-state index is 0.0414. The Bertz CT molecular complexity index is 182. The Kier molecular flexibility index (Phi) is 3.69. The molecule has 1 heterocycles. The summed E-state index contributed by atoms with van der Waals surface area (Å²) in [6, 6.07) is -0.107. The first-order chi connectivity index (χ1) is 6.09. The van der Waals surface area contributed by atoms with Crippen LogP contribution in [0, 0.1) is 0 Å². The second kappa shape index (κ2) is 4.58. The maximum atomic E-state index is 11.3. The molecule has 13 heavy (non-hydrogen) atoms. The molecule has 1 aliphatic rings. The van der Waals surface area contributed by atoms with Crippen LogP contribution in [0.15, 0.2) is 0 Å². The van der Waals surface area contributed by atoms with Gasteiger partial charge in [0.05, 0.1) is 6.04 Å². The molecule has 2 atom stereocenters. The van der Waals surface area contributed by atoms with E-state index in [1.165, 1.54) is 0 Å². The van der Waals surface area contributed by atoms with Crippen LogP contribution < -0.4 is 11.1 Å². The van der Waals surface area contributed by atoms with Gasteiger partial charge in [-0.25, -0.2) is 0 Å². The third kappa shape index (κ3) is 3.32. The van der Waals surface area contributed by atoms with Crippen molar-refractivity contribution in [3.05, 3.63) is 0 Å². The van der Waals surface area contributed by atoms with Gasteiger partial charge in [0.25, 0.3) is 0 Å². The van der Waals surface area contributed by atoms with Crippen LogP contribution in [0.1, 0.15) is 19.8 Å². The molecule has 1 saturated heterocycles. The van der Waals surface area contributed by atoms with Crippen LogP contribution in [0.4, 0.5) is 0 Å². The van der Waals surface area contributed by atoms with Crippen molar-refractivity contribution in [3.63, 3.8) is 0 Å². The van der Waals surface area contributed by atoms with Crippen molar-refractivity contribution in [2.24, 2.45) is 5.73 Å². The molecular formula is C9H19N3O. The van der Waals surface area contributed by atoms with Gasteiger partial charge < -0.3 is 16.0 Å². The van der Waals surface area contributed by atoms with Gasteiger partial charge in [-0.3, -0.25) is 4.79 Å². The van der Waals surface area contributed by atoms with Gasteiger partial charge in [-0.15, -0.1) is 0 Å². The Morgan fingerprint density at radius 2 is 2.38 bits per heavy atom. The maximum Gasteiger partial charge on any atom is 0.236 e. The van der Waals surface area contributed by atoms with Crippen LogP contribution in [-0.2, 0) is 4.79 Å². The number of carbonyl (C=O) groups excluding carboxylic acids is 1. The summed E-state index contributed by atoms with van der Waals surface area (Å²) in [6.45, 7) is 3.78. The quantitative estimate of drug-likeness (QED) is 0.612. The van der Waals surface area contributed by atoms with E-state index in [1.54, 1.807) is 6.92 Å². The van der Waals surface area contributed by atoms with Gasteiger partial charge in [0.2, 0.25) is 5.91 Å². The summed E-state index contributed by atoms with van der Waals surface area (Å²) in [7, 11) is 2.07. The van der Waals surface area contributed by atoms with Crippen molar-refractivity contribution in [2.45, 2.75) is 31.8 Å². The number of nitrogens with two attached hydrogens (primary N) is 1. The topological polar surface area (TPSA) is 58.4 Å². The molecule has 4 heteroatoms. The van der Waals surface area contributed by atoms with Crippen LogP contribution in [0.25, 0.3) is 0 Å². The van der Waals surface area contributed by atoms with Gasteiger partial charge in [0.1, 0.15) is 0 Å². The molecule has 1 fully saturated rings. The first-order valence-corrected chi connectivity index (χ1v) is 4.84. The molecule has 0 spiro atoms. The fourth-order valence-electron chi connectivity index (χ4n) is 1.62. The summed E-state index contributed by atoms with van der Waals surface area (Å²) in [5, 5.41) is 2.94. The second-order valence-electron chi connectivity index (χ2n) is 3.90. The highest BCUT2D eigenvalue weighted by Crippen LogP contribution is 2.07. The highest BCUT2D eigenvalue weighted by Gasteiger charge is 2.19. The first-order valence-electron chi connectivity index (χ1n) is 4.84. The number of carbonyl (C=O) groups is 1. The fourth-order valence-corrected chi connectivity index (χ4v) is 1.62. The van der Waals surface area contributed by atoms with Crippen molar-refractivity contribution in [1.82, 2.24) is 10.2 Å². The summed E-state index contributed by atoms with van der Waals surface area (Å²) >= 11 is 0. The predicted molar refractivity (Wildman–Crippen MR) is 52.3 cm³/mol.